The van der Waals surface area contributed by atoms with E-state index in [1.54, 1.807) is 6.26 Å². The molecule has 0 aliphatic carbocycles. The largest absolute Gasteiger partial charge is 0.467 e. The van der Waals surface area contributed by atoms with Crippen LogP contribution in [0.4, 0.5) is 0 Å². The van der Waals surface area contributed by atoms with Crippen molar-refractivity contribution < 1.29 is 9.52 Å². The summed E-state index contributed by atoms with van der Waals surface area (Å²) in [4.78, 5) is 4.46. The number of benzene rings is 1. The molecule has 0 saturated carbocycles. The molecule has 1 heterocycles. The van der Waals surface area contributed by atoms with Gasteiger partial charge in [-0.05, 0) is 35.6 Å². The van der Waals surface area contributed by atoms with Crippen LogP contribution in [0.1, 0.15) is 50.7 Å². The molecular formula is C20H30IN3O2. The lowest BCUT2D eigenvalue weighted by molar-refractivity contribution is 0.181. The molecule has 0 saturated heterocycles. The molecule has 1 atom stereocenters. The molecule has 0 amide bonds. The molecule has 0 fully saturated rings. The Kier molecular flexibility index (Phi) is 9.15. The molecule has 2 aromatic rings. The van der Waals surface area contributed by atoms with Crippen molar-refractivity contribution in [2.24, 2.45) is 4.99 Å². The minimum absolute atomic E-state index is 0. The second-order valence-electron chi connectivity index (χ2n) is 7.04. The first-order valence-corrected chi connectivity index (χ1v) is 8.73. The molecule has 5 nitrogen and oxygen atoms in total. The van der Waals surface area contributed by atoms with E-state index in [0.717, 1.165) is 17.9 Å². The number of nitrogens with one attached hydrogen (secondary N) is 2. The molecule has 0 bridgehead atoms. The first-order valence-electron chi connectivity index (χ1n) is 8.73. The molecule has 1 aromatic heterocycles. The summed E-state index contributed by atoms with van der Waals surface area (Å²) < 4.78 is 5.28. The van der Waals surface area contributed by atoms with Crippen LogP contribution >= 0.6 is 24.0 Å². The van der Waals surface area contributed by atoms with E-state index in [2.05, 4.69) is 48.5 Å². The first kappa shape index (κ1) is 22.5. The summed E-state index contributed by atoms with van der Waals surface area (Å²) in [5.74, 6) is 1.46. The summed E-state index contributed by atoms with van der Waals surface area (Å²) in [6.07, 6.45) is 1.04. The molecule has 0 aliphatic rings. The van der Waals surface area contributed by atoms with Gasteiger partial charge in [0.2, 0.25) is 0 Å². The van der Waals surface area contributed by atoms with E-state index in [4.69, 9.17) is 4.42 Å². The highest BCUT2D eigenvalue weighted by molar-refractivity contribution is 14.0. The zero-order chi connectivity index (χ0) is 18.3. The SMILES string of the molecule is CCNC(=NCc1ccco1)NCC(O)c1ccc(C(C)(C)C)cc1.I. The van der Waals surface area contributed by atoms with Gasteiger partial charge in [-0.1, -0.05) is 45.0 Å². The monoisotopic (exact) mass is 471 g/mol. The van der Waals surface area contributed by atoms with E-state index >= 15 is 0 Å². The van der Waals surface area contributed by atoms with Crippen molar-refractivity contribution in [2.75, 3.05) is 13.1 Å². The van der Waals surface area contributed by atoms with Gasteiger partial charge >= 0.3 is 0 Å². The van der Waals surface area contributed by atoms with Crippen molar-refractivity contribution in [3.05, 3.63) is 59.5 Å². The number of nitrogens with zero attached hydrogens (tertiary/aromatic N) is 1. The summed E-state index contributed by atoms with van der Waals surface area (Å²) in [7, 11) is 0. The number of furan rings is 1. The average molecular weight is 471 g/mol. The van der Waals surface area contributed by atoms with Gasteiger partial charge < -0.3 is 20.2 Å². The molecule has 1 unspecified atom stereocenters. The van der Waals surface area contributed by atoms with Crippen LogP contribution in [0, 0.1) is 0 Å². The third-order valence-electron chi connectivity index (χ3n) is 3.94. The number of halogens is 1. The van der Waals surface area contributed by atoms with Crippen LogP contribution in [0.5, 0.6) is 0 Å². The summed E-state index contributed by atoms with van der Waals surface area (Å²) in [6, 6.07) is 11.9. The Bertz CT molecular complexity index is 661. The van der Waals surface area contributed by atoms with Crippen LogP contribution in [-0.4, -0.2) is 24.2 Å². The van der Waals surface area contributed by atoms with Crippen LogP contribution in [0.15, 0.2) is 52.1 Å². The number of aliphatic hydroxyl groups excluding tert-OH is 1. The summed E-state index contributed by atoms with van der Waals surface area (Å²) in [6.45, 7) is 10.1. The highest BCUT2D eigenvalue weighted by atomic mass is 127. The van der Waals surface area contributed by atoms with Gasteiger partial charge in [-0.25, -0.2) is 4.99 Å². The van der Waals surface area contributed by atoms with Crippen LogP contribution in [-0.2, 0) is 12.0 Å². The lowest BCUT2D eigenvalue weighted by atomic mass is 9.86. The molecule has 6 heteroatoms. The highest BCUT2D eigenvalue weighted by Crippen LogP contribution is 2.23. The van der Waals surface area contributed by atoms with Crippen molar-refractivity contribution in [1.82, 2.24) is 10.6 Å². The fourth-order valence-corrected chi connectivity index (χ4v) is 2.42. The zero-order valence-electron chi connectivity index (χ0n) is 16.0. The molecule has 0 spiro atoms. The van der Waals surface area contributed by atoms with E-state index in [1.807, 2.05) is 31.2 Å². The van der Waals surface area contributed by atoms with E-state index in [-0.39, 0.29) is 29.4 Å². The Morgan fingerprint density at radius 3 is 2.38 bits per heavy atom. The maximum absolute atomic E-state index is 10.4. The second-order valence-corrected chi connectivity index (χ2v) is 7.04. The van der Waals surface area contributed by atoms with Crippen molar-refractivity contribution in [2.45, 2.75) is 45.8 Å². The predicted molar refractivity (Wildman–Crippen MR) is 117 cm³/mol. The fourth-order valence-electron chi connectivity index (χ4n) is 2.42. The average Bonchev–Trinajstić information content (AvgIpc) is 3.10. The molecular weight excluding hydrogens is 441 g/mol. The Hall–Kier alpha value is -1.54. The minimum Gasteiger partial charge on any atom is -0.467 e. The zero-order valence-corrected chi connectivity index (χ0v) is 18.3. The van der Waals surface area contributed by atoms with Crippen molar-refractivity contribution >= 4 is 29.9 Å². The van der Waals surface area contributed by atoms with Crippen LogP contribution < -0.4 is 10.6 Å². The number of aliphatic imine (C=N–C) groups is 1. The predicted octanol–water partition coefficient (Wildman–Crippen LogP) is 3.98. The molecule has 0 aliphatic heterocycles. The second kappa shape index (κ2) is 10.6. The maximum Gasteiger partial charge on any atom is 0.191 e. The quantitative estimate of drug-likeness (QED) is 0.339. The number of rotatable bonds is 6. The number of hydrogen-bond donors (Lipinski definition) is 3. The summed E-state index contributed by atoms with van der Waals surface area (Å²) in [5.41, 5.74) is 2.26. The number of guanidine groups is 1. The Morgan fingerprint density at radius 2 is 1.85 bits per heavy atom. The lowest BCUT2D eigenvalue weighted by Gasteiger charge is -2.20. The van der Waals surface area contributed by atoms with Crippen LogP contribution in [0.2, 0.25) is 0 Å². The van der Waals surface area contributed by atoms with Crippen LogP contribution in [0.25, 0.3) is 0 Å². The molecule has 3 N–H and O–H groups in total. The third kappa shape index (κ3) is 6.99. The van der Waals surface area contributed by atoms with E-state index in [9.17, 15) is 5.11 Å². The Labute approximate surface area is 173 Å². The van der Waals surface area contributed by atoms with Crippen molar-refractivity contribution in [3.63, 3.8) is 0 Å². The van der Waals surface area contributed by atoms with E-state index < -0.39 is 6.10 Å². The molecule has 1 aromatic carbocycles. The maximum atomic E-state index is 10.4. The normalized spacial score (nSPS) is 13.0. The topological polar surface area (TPSA) is 69.8 Å². The van der Waals surface area contributed by atoms with Crippen LogP contribution in [0.3, 0.4) is 0 Å². The smallest absolute Gasteiger partial charge is 0.191 e. The van der Waals surface area contributed by atoms with E-state index in [0.29, 0.717) is 19.0 Å². The molecule has 0 radical (unpaired) electrons. The summed E-state index contributed by atoms with van der Waals surface area (Å²) >= 11 is 0. The number of hydrogen-bond acceptors (Lipinski definition) is 3. The highest BCUT2D eigenvalue weighted by Gasteiger charge is 2.14. The van der Waals surface area contributed by atoms with Gasteiger partial charge in [0.1, 0.15) is 12.3 Å². The van der Waals surface area contributed by atoms with Gasteiger partial charge in [0.25, 0.3) is 0 Å². The van der Waals surface area contributed by atoms with Gasteiger partial charge in [-0.3, -0.25) is 0 Å². The van der Waals surface area contributed by atoms with Gasteiger partial charge in [0.05, 0.1) is 12.4 Å². The standard InChI is InChI=1S/C20H29N3O2.HI/c1-5-21-19(22-13-17-7-6-12-25-17)23-14-18(24)15-8-10-16(11-9-15)20(2,3)4;/h6-12,18,24H,5,13-14H2,1-4H3,(H2,21,22,23);1H. The van der Waals surface area contributed by atoms with Crippen molar-refractivity contribution in [1.29, 1.82) is 0 Å². The van der Waals surface area contributed by atoms with Crippen molar-refractivity contribution in [3.8, 4) is 0 Å². The van der Waals surface area contributed by atoms with Gasteiger partial charge in [-0.2, -0.15) is 0 Å². The number of aliphatic hydroxyl groups is 1. The minimum atomic E-state index is -0.596. The van der Waals surface area contributed by atoms with Gasteiger partial charge in [-0.15, -0.1) is 24.0 Å². The Morgan fingerprint density at radius 1 is 1.15 bits per heavy atom. The Balaban J connectivity index is 0.00000338. The van der Waals surface area contributed by atoms with Gasteiger partial charge in [0.15, 0.2) is 5.96 Å². The van der Waals surface area contributed by atoms with E-state index in [1.165, 1.54) is 5.56 Å². The fraction of sp³-hybridized carbons (Fsp3) is 0.450. The molecule has 26 heavy (non-hydrogen) atoms. The third-order valence-corrected chi connectivity index (χ3v) is 3.94. The lowest BCUT2D eigenvalue weighted by Crippen LogP contribution is -2.39. The molecule has 144 valence electrons. The molecule has 2 rings (SSSR count). The first-order chi connectivity index (χ1) is 11.9. The summed E-state index contributed by atoms with van der Waals surface area (Å²) in [5, 5.41) is 16.8. The van der Waals surface area contributed by atoms with Gasteiger partial charge in [0, 0.05) is 13.1 Å².